The Morgan fingerprint density at radius 1 is 1.00 bits per heavy atom. The molecule has 0 atom stereocenters. The van der Waals surface area contributed by atoms with Crippen LogP contribution >= 0.6 is 0 Å². The number of hydrogen-bond donors (Lipinski definition) is 0. The molecule has 0 radical (unpaired) electrons. The smallest absolute Gasteiger partial charge is 0.253 e. The van der Waals surface area contributed by atoms with Crippen molar-refractivity contribution in [2.45, 2.75) is 0 Å². The van der Waals surface area contributed by atoms with Gasteiger partial charge in [-0.1, -0.05) is 5.18 Å². The topological polar surface area (TPSA) is 85.3 Å². The zero-order valence-electron chi connectivity index (χ0n) is 9.33. The molecule has 1 rings (SSSR count). The van der Waals surface area contributed by atoms with Crippen molar-refractivity contribution >= 4 is 11.8 Å². The Morgan fingerprint density at radius 2 is 1.59 bits per heavy atom. The van der Waals surface area contributed by atoms with Gasteiger partial charge < -0.3 is 9.47 Å². The number of carbonyl (C=O) groups excluding carboxylic acids is 2. The van der Waals surface area contributed by atoms with E-state index in [0.29, 0.717) is 13.2 Å². The molecule has 7 nitrogen and oxygen atoms in total. The molecule has 0 unspecified atom stereocenters. The Labute approximate surface area is 98.3 Å². The number of amides is 2. The first-order valence-corrected chi connectivity index (χ1v) is 5.24. The summed E-state index contributed by atoms with van der Waals surface area (Å²) in [6, 6.07) is 0. The van der Waals surface area contributed by atoms with E-state index in [-0.39, 0.29) is 38.1 Å². The Bertz CT molecular complexity index is 298. The van der Waals surface area contributed by atoms with Gasteiger partial charge in [0.25, 0.3) is 11.8 Å². The monoisotopic (exact) mass is 242 g/mol. The Kier molecular flexibility index (Phi) is 6.05. The second kappa shape index (κ2) is 7.64. The van der Waals surface area contributed by atoms with Crippen LogP contribution in [0.4, 0.5) is 0 Å². The molecule has 0 saturated carbocycles. The molecular weight excluding hydrogens is 228 g/mol. The Morgan fingerprint density at radius 3 is 2.18 bits per heavy atom. The molecule has 94 valence electrons. The van der Waals surface area contributed by atoms with Gasteiger partial charge in [-0.05, 0) is 0 Å². The third kappa shape index (κ3) is 4.83. The minimum absolute atomic E-state index is 0.127. The molecule has 1 aliphatic rings. The lowest BCUT2D eigenvalue weighted by Gasteiger charge is -2.13. The molecule has 7 heteroatoms. The second-order valence-electron chi connectivity index (χ2n) is 3.24. The lowest BCUT2D eigenvalue weighted by Crippen LogP contribution is -2.33. The van der Waals surface area contributed by atoms with Crippen molar-refractivity contribution in [2.75, 3.05) is 39.5 Å². The SMILES string of the molecule is O=NCCOCCOCCN1C(=O)C=CC1=O. The van der Waals surface area contributed by atoms with Crippen molar-refractivity contribution in [1.82, 2.24) is 4.90 Å². The third-order valence-corrected chi connectivity index (χ3v) is 2.06. The van der Waals surface area contributed by atoms with E-state index in [9.17, 15) is 14.5 Å². The molecule has 1 aliphatic heterocycles. The van der Waals surface area contributed by atoms with E-state index in [1.165, 1.54) is 12.2 Å². The van der Waals surface area contributed by atoms with Gasteiger partial charge in [-0.2, -0.15) is 4.91 Å². The summed E-state index contributed by atoms with van der Waals surface area (Å²) in [5, 5.41) is 2.63. The van der Waals surface area contributed by atoms with Crippen molar-refractivity contribution in [2.24, 2.45) is 5.18 Å². The molecule has 0 aliphatic carbocycles. The molecule has 0 fully saturated rings. The average molecular weight is 242 g/mol. The number of imide groups is 1. The van der Waals surface area contributed by atoms with Crippen molar-refractivity contribution in [1.29, 1.82) is 0 Å². The lowest BCUT2D eigenvalue weighted by atomic mass is 10.5. The van der Waals surface area contributed by atoms with E-state index in [0.717, 1.165) is 4.90 Å². The predicted molar refractivity (Wildman–Crippen MR) is 58.2 cm³/mol. The van der Waals surface area contributed by atoms with E-state index in [1.54, 1.807) is 0 Å². The lowest BCUT2D eigenvalue weighted by molar-refractivity contribution is -0.137. The van der Waals surface area contributed by atoms with E-state index >= 15 is 0 Å². The van der Waals surface area contributed by atoms with E-state index in [2.05, 4.69) is 5.18 Å². The molecule has 1 heterocycles. The highest BCUT2D eigenvalue weighted by Gasteiger charge is 2.22. The van der Waals surface area contributed by atoms with Crippen LogP contribution in [0.5, 0.6) is 0 Å². The molecule has 0 aromatic rings. The van der Waals surface area contributed by atoms with Gasteiger partial charge in [0.05, 0.1) is 33.0 Å². The number of ether oxygens (including phenoxy) is 2. The van der Waals surface area contributed by atoms with Crippen molar-refractivity contribution in [3.8, 4) is 0 Å². The maximum absolute atomic E-state index is 11.1. The van der Waals surface area contributed by atoms with E-state index < -0.39 is 0 Å². The molecule has 0 spiro atoms. The van der Waals surface area contributed by atoms with Crippen molar-refractivity contribution in [3.63, 3.8) is 0 Å². The summed E-state index contributed by atoms with van der Waals surface area (Å²) in [4.78, 5) is 33.1. The van der Waals surface area contributed by atoms with Gasteiger partial charge in [-0.3, -0.25) is 14.5 Å². The first kappa shape index (κ1) is 13.5. The highest BCUT2D eigenvalue weighted by atomic mass is 16.5. The first-order chi connectivity index (χ1) is 8.25. The first-order valence-electron chi connectivity index (χ1n) is 5.24. The van der Waals surface area contributed by atoms with Crippen LogP contribution in [-0.2, 0) is 19.1 Å². The van der Waals surface area contributed by atoms with Crippen LogP contribution in [0.15, 0.2) is 17.3 Å². The van der Waals surface area contributed by atoms with E-state index in [1.807, 2.05) is 0 Å². The van der Waals surface area contributed by atoms with Gasteiger partial charge in [0.15, 0.2) is 0 Å². The largest absolute Gasteiger partial charge is 0.377 e. The summed E-state index contributed by atoms with van der Waals surface area (Å²) >= 11 is 0. The molecule has 0 aromatic carbocycles. The molecule has 2 amide bonds. The van der Waals surface area contributed by atoms with Crippen molar-refractivity contribution < 1.29 is 19.1 Å². The highest BCUT2D eigenvalue weighted by Crippen LogP contribution is 2.02. The van der Waals surface area contributed by atoms with Crippen LogP contribution in [0.1, 0.15) is 0 Å². The Balaban J connectivity index is 1.96. The number of rotatable bonds is 9. The molecule has 17 heavy (non-hydrogen) atoms. The molecule has 0 N–H and O–H groups in total. The fraction of sp³-hybridized carbons (Fsp3) is 0.600. The molecule has 0 saturated heterocycles. The summed E-state index contributed by atoms with van der Waals surface area (Å²) < 4.78 is 10.2. The summed E-state index contributed by atoms with van der Waals surface area (Å²) in [5.74, 6) is -0.626. The van der Waals surface area contributed by atoms with Crippen LogP contribution in [0.3, 0.4) is 0 Å². The van der Waals surface area contributed by atoms with Gasteiger partial charge in [0, 0.05) is 12.2 Å². The minimum atomic E-state index is -0.313. The number of hydrogen-bond acceptors (Lipinski definition) is 6. The van der Waals surface area contributed by atoms with Crippen LogP contribution in [0.25, 0.3) is 0 Å². The molecule has 0 bridgehead atoms. The summed E-state index contributed by atoms with van der Waals surface area (Å²) in [7, 11) is 0. The fourth-order valence-corrected chi connectivity index (χ4v) is 1.23. The van der Waals surface area contributed by atoms with Crippen LogP contribution in [0.2, 0.25) is 0 Å². The fourth-order valence-electron chi connectivity index (χ4n) is 1.23. The highest BCUT2D eigenvalue weighted by molar-refractivity contribution is 6.12. The zero-order chi connectivity index (χ0) is 12.5. The number of nitrogens with zero attached hydrogens (tertiary/aromatic N) is 2. The van der Waals surface area contributed by atoms with Crippen LogP contribution < -0.4 is 0 Å². The summed E-state index contributed by atoms with van der Waals surface area (Å²) in [5.41, 5.74) is 0. The molecule has 0 aromatic heterocycles. The second-order valence-corrected chi connectivity index (χ2v) is 3.24. The maximum Gasteiger partial charge on any atom is 0.253 e. The maximum atomic E-state index is 11.1. The summed E-state index contributed by atoms with van der Waals surface area (Å²) in [6.45, 7) is 1.62. The zero-order valence-corrected chi connectivity index (χ0v) is 9.33. The normalized spacial score (nSPS) is 14.7. The van der Waals surface area contributed by atoms with Crippen molar-refractivity contribution in [3.05, 3.63) is 17.1 Å². The van der Waals surface area contributed by atoms with Gasteiger partial charge >= 0.3 is 0 Å². The number of nitroso groups, excluding NO2 is 1. The summed E-state index contributed by atoms with van der Waals surface area (Å²) in [6.07, 6.45) is 2.47. The minimum Gasteiger partial charge on any atom is -0.377 e. The average Bonchev–Trinajstić information content (AvgIpc) is 2.63. The van der Waals surface area contributed by atoms with Gasteiger partial charge in [-0.15, -0.1) is 0 Å². The van der Waals surface area contributed by atoms with Gasteiger partial charge in [-0.25, -0.2) is 0 Å². The predicted octanol–water partition coefficient (Wildman–Crippen LogP) is -0.289. The quantitative estimate of drug-likeness (QED) is 0.315. The molecular formula is C10H14N2O5. The number of carbonyl (C=O) groups is 2. The van der Waals surface area contributed by atoms with Crippen LogP contribution in [0, 0.1) is 4.91 Å². The third-order valence-electron chi connectivity index (χ3n) is 2.06. The van der Waals surface area contributed by atoms with Gasteiger partial charge in [0.1, 0.15) is 6.54 Å². The van der Waals surface area contributed by atoms with E-state index in [4.69, 9.17) is 9.47 Å². The van der Waals surface area contributed by atoms with Crippen LogP contribution in [-0.4, -0.2) is 56.2 Å². The Hall–Kier alpha value is -1.60. The van der Waals surface area contributed by atoms with Gasteiger partial charge in [0.2, 0.25) is 0 Å². The standard InChI is InChI=1S/C10H14N2O5/c13-9-1-2-10(14)12(9)4-6-17-8-7-16-5-3-11-15/h1-2H,3-8H2.